The molecule has 0 spiro atoms. The number of aromatic nitrogens is 1. The van der Waals surface area contributed by atoms with Gasteiger partial charge in [-0.3, -0.25) is 9.47 Å². The first-order valence-corrected chi connectivity index (χ1v) is 9.17. The molecule has 1 amide bonds. The molecule has 0 aliphatic rings. The molecule has 1 heterocycles. The lowest BCUT2D eigenvalue weighted by atomic mass is 10.2. The van der Waals surface area contributed by atoms with Crippen LogP contribution in [0, 0.1) is 13.8 Å². The lowest BCUT2D eigenvalue weighted by molar-refractivity contribution is 0.0954. The van der Waals surface area contributed by atoms with Crippen LogP contribution in [0.3, 0.4) is 0 Å². The molecule has 6 heteroatoms. The summed E-state index contributed by atoms with van der Waals surface area (Å²) in [6.07, 6.45) is 0. The average Bonchev–Trinajstić information content (AvgIpc) is 2.93. The van der Waals surface area contributed by atoms with Crippen LogP contribution in [0.25, 0.3) is 0 Å². The van der Waals surface area contributed by atoms with Crippen molar-refractivity contribution in [1.82, 2.24) is 4.68 Å². The van der Waals surface area contributed by atoms with Gasteiger partial charge in [0, 0.05) is 32.0 Å². The van der Waals surface area contributed by atoms with Gasteiger partial charge in [0.2, 0.25) is 0 Å². The largest absolute Gasteiger partial charge is 0.273 e. The summed E-state index contributed by atoms with van der Waals surface area (Å²) in [5.41, 5.74) is 3.27. The molecule has 0 bridgehead atoms. The average molecular weight is 408 g/mol. The Morgan fingerprint density at radius 2 is 1.46 bits per heavy atom. The molecule has 1 aromatic heterocycles. The van der Waals surface area contributed by atoms with Gasteiger partial charge in [0.25, 0.3) is 5.91 Å². The Morgan fingerprint density at radius 3 is 2.04 bits per heavy atom. The van der Waals surface area contributed by atoms with E-state index in [0.717, 1.165) is 17.0 Å². The van der Waals surface area contributed by atoms with Crippen LogP contribution in [-0.4, -0.2) is 10.6 Å². The van der Waals surface area contributed by atoms with E-state index in [2.05, 4.69) is 0 Å². The molecule has 2 aromatic carbocycles. The van der Waals surface area contributed by atoms with E-state index in [-0.39, 0.29) is 5.91 Å². The topological polar surface area (TPSA) is 25.2 Å². The van der Waals surface area contributed by atoms with E-state index in [4.69, 9.17) is 34.8 Å². The molecule has 0 saturated heterocycles. The molecule has 134 valence electrons. The van der Waals surface area contributed by atoms with Gasteiger partial charge < -0.3 is 0 Å². The van der Waals surface area contributed by atoms with Gasteiger partial charge in [-0.2, -0.15) is 0 Å². The number of halogens is 3. The second-order valence-electron chi connectivity index (χ2n) is 6.03. The Balaban J connectivity index is 2.04. The molecule has 3 rings (SSSR count). The summed E-state index contributed by atoms with van der Waals surface area (Å²) in [7, 11) is 0. The molecule has 0 aliphatic heterocycles. The van der Waals surface area contributed by atoms with Crippen LogP contribution in [0.15, 0.2) is 54.6 Å². The van der Waals surface area contributed by atoms with E-state index in [0.29, 0.717) is 27.2 Å². The molecule has 0 N–H and O–H groups in total. The van der Waals surface area contributed by atoms with Crippen molar-refractivity contribution in [2.75, 3.05) is 5.01 Å². The third-order valence-electron chi connectivity index (χ3n) is 4.14. The number of benzene rings is 2. The number of carbonyl (C=O) groups excluding carboxylic acids is 1. The predicted octanol–water partition coefficient (Wildman–Crippen LogP) is 6.04. The number of aryl methyl sites for hydroxylation is 2. The van der Waals surface area contributed by atoms with E-state index >= 15 is 0 Å². The number of rotatable bonds is 4. The SMILES string of the molecule is Cc1ccc(C)n1N(Cc1ccc(Cl)cc1Cl)C(=O)c1ccc(Cl)cc1. The second-order valence-corrected chi connectivity index (χ2v) is 7.31. The molecule has 0 aliphatic carbocycles. The minimum Gasteiger partial charge on any atom is -0.267 e. The molecule has 0 saturated carbocycles. The van der Waals surface area contributed by atoms with Crippen molar-refractivity contribution in [2.24, 2.45) is 0 Å². The van der Waals surface area contributed by atoms with Gasteiger partial charge in [0.1, 0.15) is 0 Å². The first kappa shape index (κ1) is 18.8. The Bertz CT molecular complexity index is 929. The fraction of sp³-hybridized carbons (Fsp3) is 0.150. The number of hydrogen-bond acceptors (Lipinski definition) is 1. The molecule has 0 fully saturated rings. The van der Waals surface area contributed by atoms with Gasteiger partial charge in [-0.15, -0.1) is 0 Å². The summed E-state index contributed by atoms with van der Waals surface area (Å²) in [5, 5.41) is 3.34. The van der Waals surface area contributed by atoms with Crippen LogP contribution in [0.2, 0.25) is 15.1 Å². The minimum absolute atomic E-state index is 0.143. The van der Waals surface area contributed by atoms with Crippen molar-refractivity contribution in [1.29, 1.82) is 0 Å². The first-order chi connectivity index (χ1) is 12.4. The molecule has 0 atom stereocenters. The highest BCUT2D eigenvalue weighted by Gasteiger charge is 2.21. The third-order valence-corrected chi connectivity index (χ3v) is 4.98. The highest BCUT2D eigenvalue weighted by atomic mass is 35.5. The van der Waals surface area contributed by atoms with Crippen LogP contribution in [0.5, 0.6) is 0 Å². The van der Waals surface area contributed by atoms with E-state index in [9.17, 15) is 4.79 Å². The summed E-state index contributed by atoms with van der Waals surface area (Å²) in [6.45, 7) is 4.23. The molecule has 3 aromatic rings. The third kappa shape index (κ3) is 3.90. The van der Waals surface area contributed by atoms with Gasteiger partial charge in [-0.25, -0.2) is 5.01 Å². The van der Waals surface area contributed by atoms with Crippen molar-refractivity contribution in [3.05, 3.63) is 92.2 Å². The first-order valence-electron chi connectivity index (χ1n) is 8.03. The standard InChI is InChI=1S/C20H17Cl3N2O/c1-13-3-4-14(2)25(13)24(12-16-7-10-18(22)11-19(16)23)20(26)15-5-8-17(21)9-6-15/h3-11H,12H2,1-2H3. The molecule has 26 heavy (non-hydrogen) atoms. The van der Waals surface area contributed by atoms with Crippen LogP contribution >= 0.6 is 34.8 Å². The monoisotopic (exact) mass is 406 g/mol. The summed E-state index contributed by atoms with van der Waals surface area (Å²) >= 11 is 18.3. The molecule has 0 radical (unpaired) electrons. The Labute approximate surface area is 167 Å². The van der Waals surface area contributed by atoms with Crippen LogP contribution < -0.4 is 5.01 Å². The molecule has 3 nitrogen and oxygen atoms in total. The van der Waals surface area contributed by atoms with Crippen molar-refractivity contribution in [3.8, 4) is 0 Å². The quantitative estimate of drug-likeness (QED) is 0.517. The summed E-state index contributed by atoms with van der Waals surface area (Å²) in [6, 6.07) is 16.1. The second kappa shape index (κ2) is 7.75. The highest BCUT2D eigenvalue weighted by molar-refractivity contribution is 6.35. The van der Waals surface area contributed by atoms with Gasteiger partial charge in [0.15, 0.2) is 0 Å². The number of hydrogen-bond donors (Lipinski definition) is 0. The zero-order valence-electron chi connectivity index (χ0n) is 14.3. The minimum atomic E-state index is -0.143. The van der Waals surface area contributed by atoms with Gasteiger partial charge in [-0.05, 0) is 67.9 Å². The highest BCUT2D eigenvalue weighted by Crippen LogP contribution is 2.24. The van der Waals surface area contributed by atoms with Gasteiger partial charge >= 0.3 is 0 Å². The number of nitrogens with zero attached hydrogens (tertiary/aromatic N) is 2. The van der Waals surface area contributed by atoms with Gasteiger partial charge in [0.05, 0.1) is 6.54 Å². The van der Waals surface area contributed by atoms with Gasteiger partial charge in [-0.1, -0.05) is 40.9 Å². The van der Waals surface area contributed by atoms with E-state index in [1.807, 2.05) is 36.7 Å². The number of carbonyl (C=O) groups is 1. The van der Waals surface area contributed by atoms with E-state index < -0.39 is 0 Å². The Hall–Kier alpha value is -1.94. The smallest absolute Gasteiger partial charge is 0.267 e. The Kier molecular flexibility index (Phi) is 5.61. The molecule has 0 unspecified atom stereocenters. The fourth-order valence-electron chi connectivity index (χ4n) is 2.83. The summed E-state index contributed by atoms with van der Waals surface area (Å²) < 4.78 is 1.89. The Morgan fingerprint density at radius 1 is 0.885 bits per heavy atom. The fourth-order valence-corrected chi connectivity index (χ4v) is 3.42. The normalized spacial score (nSPS) is 10.8. The van der Waals surface area contributed by atoms with Crippen molar-refractivity contribution in [3.63, 3.8) is 0 Å². The van der Waals surface area contributed by atoms with Crippen LogP contribution in [0.4, 0.5) is 0 Å². The van der Waals surface area contributed by atoms with E-state index in [1.165, 1.54) is 0 Å². The predicted molar refractivity (Wildman–Crippen MR) is 108 cm³/mol. The van der Waals surface area contributed by atoms with Crippen molar-refractivity contribution < 1.29 is 4.79 Å². The number of amides is 1. The molecular formula is C20H17Cl3N2O. The van der Waals surface area contributed by atoms with E-state index in [1.54, 1.807) is 41.4 Å². The maximum Gasteiger partial charge on any atom is 0.273 e. The zero-order valence-corrected chi connectivity index (χ0v) is 16.6. The zero-order chi connectivity index (χ0) is 18.8. The van der Waals surface area contributed by atoms with Crippen LogP contribution in [-0.2, 0) is 6.54 Å². The lowest BCUT2D eigenvalue weighted by Gasteiger charge is -2.27. The van der Waals surface area contributed by atoms with Crippen molar-refractivity contribution in [2.45, 2.75) is 20.4 Å². The van der Waals surface area contributed by atoms with Crippen molar-refractivity contribution >= 4 is 40.7 Å². The maximum atomic E-state index is 13.2. The molecular weight excluding hydrogens is 391 g/mol. The van der Waals surface area contributed by atoms with Crippen LogP contribution in [0.1, 0.15) is 27.3 Å². The lowest BCUT2D eigenvalue weighted by Crippen LogP contribution is -2.41. The summed E-state index contributed by atoms with van der Waals surface area (Å²) in [4.78, 5) is 13.2. The maximum absolute atomic E-state index is 13.2. The summed E-state index contributed by atoms with van der Waals surface area (Å²) in [5.74, 6) is -0.143.